The Kier molecular flexibility index (Phi) is 6.95. The molecule has 4 rings (SSSR count). The van der Waals surface area contributed by atoms with Crippen LogP contribution in [0.5, 0.6) is 5.75 Å². The zero-order valence-corrected chi connectivity index (χ0v) is 18.9. The van der Waals surface area contributed by atoms with Crippen LogP contribution in [-0.4, -0.2) is 56.5 Å². The molecule has 0 bridgehead atoms. The number of nitrogens with zero attached hydrogens (tertiary/aromatic N) is 2. The normalized spacial score (nSPS) is 16.5. The van der Waals surface area contributed by atoms with Crippen LogP contribution in [0.15, 0.2) is 42.5 Å². The highest BCUT2D eigenvalue weighted by atomic mass is 16.5. The first kappa shape index (κ1) is 22.1. The monoisotopic (exact) mass is 436 g/mol. The Hall–Kier alpha value is -3.06. The van der Waals surface area contributed by atoms with E-state index >= 15 is 0 Å². The van der Waals surface area contributed by atoms with Gasteiger partial charge < -0.3 is 20.3 Å². The van der Waals surface area contributed by atoms with Crippen molar-refractivity contribution >= 4 is 23.2 Å². The van der Waals surface area contributed by atoms with Crippen LogP contribution in [0.3, 0.4) is 0 Å². The van der Waals surface area contributed by atoms with Crippen LogP contribution in [0.25, 0.3) is 0 Å². The Morgan fingerprint density at radius 1 is 1.06 bits per heavy atom. The quantitative estimate of drug-likeness (QED) is 0.653. The summed E-state index contributed by atoms with van der Waals surface area (Å²) in [7, 11) is 2.12. The number of hydrogen-bond donors (Lipinski definition) is 2. The number of fused-ring (bicyclic) bond motifs is 1. The van der Waals surface area contributed by atoms with Crippen LogP contribution in [0, 0.1) is 0 Å². The number of carbonyl (C=O) groups excluding carboxylic acids is 2. The first-order chi connectivity index (χ1) is 15.6. The second-order valence-corrected chi connectivity index (χ2v) is 8.41. The van der Waals surface area contributed by atoms with Crippen molar-refractivity contribution in [1.82, 2.24) is 10.2 Å². The summed E-state index contributed by atoms with van der Waals surface area (Å²) in [5.74, 6) is -0.775. The molecule has 7 nitrogen and oxygen atoms in total. The van der Waals surface area contributed by atoms with E-state index in [1.54, 1.807) is 18.2 Å². The maximum atomic E-state index is 12.6. The molecule has 1 saturated heterocycles. The molecule has 170 valence electrons. The summed E-state index contributed by atoms with van der Waals surface area (Å²) in [6, 6.07) is 13.8. The third-order valence-electron chi connectivity index (χ3n) is 6.29. The van der Waals surface area contributed by atoms with Crippen LogP contribution in [0.2, 0.25) is 0 Å². The highest BCUT2D eigenvalue weighted by Crippen LogP contribution is 2.32. The van der Waals surface area contributed by atoms with Crippen LogP contribution < -0.4 is 20.3 Å². The summed E-state index contributed by atoms with van der Waals surface area (Å²) in [6.07, 6.45) is 3.36. The molecule has 0 radical (unpaired) electrons. The van der Waals surface area contributed by atoms with E-state index in [-0.39, 0.29) is 6.04 Å². The summed E-state index contributed by atoms with van der Waals surface area (Å²) in [5, 5.41) is 5.53. The number of para-hydroxylation sites is 2. The molecule has 1 fully saturated rings. The molecule has 2 amide bonds. The zero-order valence-electron chi connectivity index (χ0n) is 18.9. The van der Waals surface area contributed by atoms with Gasteiger partial charge in [0.15, 0.2) is 0 Å². The second kappa shape index (κ2) is 10.0. The van der Waals surface area contributed by atoms with Crippen LogP contribution in [0.4, 0.5) is 11.4 Å². The lowest BCUT2D eigenvalue weighted by Crippen LogP contribution is -2.41. The summed E-state index contributed by atoms with van der Waals surface area (Å²) < 4.78 is 5.53. The Morgan fingerprint density at radius 2 is 1.84 bits per heavy atom. The fourth-order valence-electron chi connectivity index (χ4n) is 4.60. The van der Waals surface area contributed by atoms with Gasteiger partial charge in [-0.1, -0.05) is 24.3 Å². The van der Waals surface area contributed by atoms with Gasteiger partial charge in [0.1, 0.15) is 5.75 Å². The molecule has 2 aliphatic heterocycles. The maximum absolute atomic E-state index is 12.6. The van der Waals surface area contributed by atoms with Gasteiger partial charge in [0, 0.05) is 25.8 Å². The van der Waals surface area contributed by atoms with E-state index in [9.17, 15) is 9.59 Å². The van der Waals surface area contributed by atoms with E-state index in [1.165, 1.54) is 16.8 Å². The molecular formula is C25H32N4O3. The van der Waals surface area contributed by atoms with Crippen LogP contribution in [-0.2, 0) is 16.0 Å². The Morgan fingerprint density at radius 3 is 2.62 bits per heavy atom. The lowest BCUT2D eigenvalue weighted by atomic mass is 10.0. The van der Waals surface area contributed by atoms with E-state index in [2.05, 4.69) is 45.7 Å². The number of amides is 2. The largest absolute Gasteiger partial charge is 0.492 e. The minimum absolute atomic E-state index is 0.0566. The van der Waals surface area contributed by atoms with Gasteiger partial charge in [-0.3, -0.25) is 14.5 Å². The van der Waals surface area contributed by atoms with Crippen molar-refractivity contribution in [1.29, 1.82) is 0 Å². The molecule has 1 unspecified atom stereocenters. The van der Waals surface area contributed by atoms with E-state index in [1.807, 2.05) is 13.0 Å². The molecule has 0 aliphatic carbocycles. The van der Waals surface area contributed by atoms with Crippen molar-refractivity contribution in [3.05, 3.63) is 53.6 Å². The SMILES string of the molecule is CCOc1ccccc1NC(=O)C(=O)NCC(c1ccc2c(c1)CCN2C)N1CCCC1. The molecule has 2 N–H and O–H groups in total. The van der Waals surface area contributed by atoms with Crippen LogP contribution in [0.1, 0.15) is 36.9 Å². The Balaban J connectivity index is 1.43. The number of carbonyl (C=O) groups is 2. The van der Waals surface area contributed by atoms with Gasteiger partial charge in [-0.25, -0.2) is 0 Å². The number of benzene rings is 2. The maximum Gasteiger partial charge on any atom is 0.313 e. The van der Waals surface area contributed by atoms with E-state index < -0.39 is 11.8 Å². The average molecular weight is 437 g/mol. The highest BCUT2D eigenvalue weighted by molar-refractivity contribution is 6.39. The molecule has 2 aliphatic rings. The predicted molar refractivity (Wildman–Crippen MR) is 126 cm³/mol. The standard InChI is InChI=1S/C25H32N4O3/c1-3-32-23-9-5-4-8-20(23)27-25(31)24(30)26-17-22(29-13-6-7-14-29)18-10-11-21-19(16-18)12-15-28(21)2/h4-5,8-11,16,22H,3,6-7,12-15,17H2,1-2H3,(H,26,30)(H,27,31). The number of rotatable bonds is 7. The van der Waals surface area contributed by atoms with Gasteiger partial charge in [-0.05, 0) is 68.6 Å². The minimum atomic E-state index is -0.687. The van der Waals surface area contributed by atoms with Gasteiger partial charge >= 0.3 is 11.8 Å². The van der Waals surface area contributed by atoms with E-state index in [4.69, 9.17) is 4.74 Å². The summed E-state index contributed by atoms with van der Waals surface area (Å²) in [5.41, 5.74) is 4.33. The van der Waals surface area contributed by atoms with Gasteiger partial charge in [0.2, 0.25) is 0 Å². The molecule has 7 heteroatoms. The van der Waals surface area contributed by atoms with Crippen molar-refractivity contribution in [2.45, 2.75) is 32.2 Å². The second-order valence-electron chi connectivity index (χ2n) is 8.41. The number of likely N-dealkylation sites (N-methyl/N-ethyl adjacent to an activating group) is 1. The Bertz CT molecular complexity index is 971. The van der Waals surface area contributed by atoms with Gasteiger partial charge in [-0.15, -0.1) is 0 Å². The van der Waals surface area contributed by atoms with Gasteiger partial charge in [0.25, 0.3) is 0 Å². The first-order valence-corrected chi connectivity index (χ1v) is 11.5. The van der Waals surface area contributed by atoms with Crippen LogP contribution >= 0.6 is 0 Å². The van der Waals surface area contributed by atoms with Crippen molar-refractivity contribution < 1.29 is 14.3 Å². The smallest absolute Gasteiger partial charge is 0.313 e. The lowest BCUT2D eigenvalue weighted by Gasteiger charge is -2.28. The number of hydrogen-bond acceptors (Lipinski definition) is 5. The average Bonchev–Trinajstić information content (AvgIpc) is 3.46. The molecule has 2 heterocycles. The Labute approximate surface area is 189 Å². The van der Waals surface area contributed by atoms with Crippen molar-refractivity contribution in [2.75, 3.05) is 50.1 Å². The molecule has 0 spiro atoms. The molecule has 2 aromatic carbocycles. The van der Waals surface area contributed by atoms with Gasteiger partial charge in [-0.2, -0.15) is 0 Å². The third kappa shape index (κ3) is 4.88. The highest BCUT2D eigenvalue weighted by Gasteiger charge is 2.27. The third-order valence-corrected chi connectivity index (χ3v) is 6.29. The van der Waals surface area contributed by atoms with Crippen molar-refractivity contribution in [3.8, 4) is 5.75 Å². The van der Waals surface area contributed by atoms with E-state index in [0.717, 1.165) is 38.9 Å². The topological polar surface area (TPSA) is 73.9 Å². The lowest BCUT2D eigenvalue weighted by molar-refractivity contribution is -0.136. The number of ether oxygens (including phenoxy) is 1. The molecule has 2 aromatic rings. The molecule has 1 atom stereocenters. The zero-order chi connectivity index (χ0) is 22.5. The number of anilines is 2. The summed E-state index contributed by atoms with van der Waals surface area (Å²) >= 11 is 0. The van der Waals surface area contributed by atoms with E-state index in [0.29, 0.717) is 24.6 Å². The van der Waals surface area contributed by atoms with Crippen molar-refractivity contribution in [2.24, 2.45) is 0 Å². The molecule has 32 heavy (non-hydrogen) atoms. The van der Waals surface area contributed by atoms with Gasteiger partial charge in [0.05, 0.1) is 18.3 Å². The molecular weight excluding hydrogens is 404 g/mol. The molecule has 0 aromatic heterocycles. The minimum Gasteiger partial charge on any atom is -0.492 e. The molecule has 0 saturated carbocycles. The first-order valence-electron chi connectivity index (χ1n) is 11.5. The summed E-state index contributed by atoms with van der Waals surface area (Å²) in [4.78, 5) is 29.8. The van der Waals surface area contributed by atoms with Crippen molar-refractivity contribution in [3.63, 3.8) is 0 Å². The number of likely N-dealkylation sites (tertiary alicyclic amines) is 1. The predicted octanol–water partition coefficient (Wildman–Crippen LogP) is 2.97. The number of nitrogens with one attached hydrogen (secondary N) is 2. The summed E-state index contributed by atoms with van der Waals surface area (Å²) in [6.45, 7) is 5.80. The fraction of sp³-hybridized carbons (Fsp3) is 0.440. The fourth-order valence-corrected chi connectivity index (χ4v) is 4.60.